The van der Waals surface area contributed by atoms with Gasteiger partial charge in [0.05, 0.1) is 18.2 Å². The molecule has 0 radical (unpaired) electrons. The van der Waals surface area contributed by atoms with Crippen LogP contribution in [0, 0.1) is 0 Å². The average molecular weight is 304 g/mol. The second-order valence-electron chi connectivity index (χ2n) is 6.13. The lowest BCUT2D eigenvalue weighted by atomic mass is 10.1. The quantitative estimate of drug-likeness (QED) is 0.795. The van der Waals surface area contributed by atoms with Gasteiger partial charge in [0, 0.05) is 19.6 Å². The van der Waals surface area contributed by atoms with Crippen LogP contribution in [0.15, 0.2) is 24.3 Å². The van der Waals surface area contributed by atoms with Gasteiger partial charge in [-0.15, -0.1) is 0 Å². The summed E-state index contributed by atoms with van der Waals surface area (Å²) in [5.41, 5.74) is 2.12. The number of fused-ring (bicyclic) bond motifs is 1. The highest BCUT2D eigenvalue weighted by Gasteiger charge is 2.31. The summed E-state index contributed by atoms with van der Waals surface area (Å²) in [4.78, 5) is 12.0. The Morgan fingerprint density at radius 3 is 3.00 bits per heavy atom. The molecule has 5 heteroatoms. The predicted octanol–water partition coefficient (Wildman–Crippen LogP) is 1.90. The molecule has 0 aromatic heterocycles. The van der Waals surface area contributed by atoms with Crippen molar-refractivity contribution in [1.82, 2.24) is 10.6 Å². The number of hydrogen-bond donors (Lipinski definition) is 3. The minimum Gasteiger partial charge on any atom is -0.390 e. The Morgan fingerprint density at radius 2 is 2.18 bits per heavy atom. The molecule has 0 bridgehead atoms. The van der Waals surface area contributed by atoms with Gasteiger partial charge in [-0.05, 0) is 36.8 Å². The maximum absolute atomic E-state index is 12.0. The lowest BCUT2D eigenvalue weighted by molar-refractivity contribution is 0.0119. The zero-order valence-electron chi connectivity index (χ0n) is 12.8. The molecule has 1 aromatic rings. The fourth-order valence-corrected chi connectivity index (χ4v) is 3.32. The summed E-state index contributed by atoms with van der Waals surface area (Å²) < 4.78 is 5.65. The number of benzene rings is 1. The van der Waals surface area contributed by atoms with Gasteiger partial charge in [0.15, 0.2) is 0 Å². The number of nitrogens with one attached hydrogen (secondary N) is 2. The van der Waals surface area contributed by atoms with E-state index in [1.54, 1.807) is 0 Å². The van der Waals surface area contributed by atoms with E-state index < -0.39 is 6.10 Å². The number of rotatable bonds is 4. The summed E-state index contributed by atoms with van der Waals surface area (Å²) in [5, 5.41) is 15.9. The molecule has 3 unspecified atom stereocenters. The highest BCUT2D eigenvalue weighted by molar-refractivity contribution is 5.74. The van der Waals surface area contributed by atoms with Crippen molar-refractivity contribution in [1.29, 1.82) is 0 Å². The molecule has 1 heterocycles. The van der Waals surface area contributed by atoms with Gasteiger partial charge in [-0.2, -0.15) is 0 Å². The molecular formula is C17H24N2O3. The van der Waals surface area contributed by atoms with Crippen LogP contribution in [-0.2, 0) is 11.2 Å². The lowest BCUT2D eigenvalue weighted by Crippen LogP contribution is -2.42. The lowest BCUT2D eigenvalue weighted by Gasteiger charge is -2.23. The highest BCUT2D eigenvalue weighted by atomic mass is 16.5. The number of aliphatic hydroxyl groups excluding tert-OH is 1. The summed E-state index contributed by atoms with van der Waals surface area (Å²) in [6.45, 7) is 1.43. The summed E-state index contributed by atoms with van der Waals surface area (Å²) in [7, 11) is 0. The number of hydrogen-bond acceptors (Lipinski definition) is 3. The van der Waals surface area contributed by atoms with Crippen molar-refractivity contribution in [3.05, 3.63) is 35.4 Å². The largest absolute Gasteiger partial charge is 0.390 e. The average Bonchev–Trinajstić information content (AvgIpc) is 2.84. The van der Waals surface area contributed by atoms with E-state index in [4.69, 9.17) is 4.74 Å². The van der Waals surface area contributed by atoms with Crippen molar-refractivity contribution in [2.75, 3.05) is 13.2 Å². The first-order valence-corrected chi connectivity index (χ1v) is 8.16. The number of ether oxygens (including phenoxy) is 1. The summed E-state index contributed by atoms with van der Waals surface area (Å²) in [6.07, 6.45) is 4.59. The predicted molar refractivity (Wildman–Crippen MR) is 83.6 cm³/mol. The molecule has 3 rings (SSSR count). The van der Waals surface area contributed by atoms with Gasteiger partial charge in [-0.25, -0.2) is 4.79 Å². The van der Waals surface area contributed by atoms with Gasteiger partial charge in [-0.3, -0.25) is 0 Å². The third kappa shape index (κ3) is 3.59. The third-order valence-corrected chi connectivity index (χ3v) is 4.52. The Labute approximate surface area is 131 Å². The number of aliphatic hydroxyl groups is 1. The van der Waals surface area contributed by atoms with E-state index in [-0.39, 0.29) is 18.2 Å². The third-order valence-electron chi connectivity index (χ3n) is 4.52. The van der Waals surface area contributed by atoms with Gasteiger partial charge in [-0.1, -0.05) is 24.3 Å². The number of urea groups is 1. The first-order valence-electron chi connectivity index (χ1n) is 8.16. The summed E-state index contributed by atoms with van der Waals surface area (Å²) in [5.74, 6) is 0. The van der Waals surface area contributed by atoms with Crippen LogP contribution in [0.3, 0.4) is 0 Å². The molecule has 1 saturated heterocycles. The van der Waals surface area contributed by atoms with Gasteiger partial charge < -0.3 is 20.5 Å². The molecule has 1 aliphatic heterocycles. The number of amides is 2. The van der Waals surface area contributed by atoms with Gasteiger partial charge >= 0.3 is 6.03 Å². The van der Waals surface area contributed by atoms with Crippen LogP contribution in [0.4, 0.5) is 4.79 Å². The second kappa shape index (κ2) is 7.11. The topological polar surface area (TPSA) is 70.6 Å². The van der Waals surface area contributed by atoms with E-state index in [2.05, 4.69) is 10.6 Å². The van der Waals surface area contributed by atoms with E-state index in [9.17, 15) is 9.90 Å². The molecule has 1 aromatic carbocycles. The molecule has 5 nitrogen and oxygen atoms in total. The second-order valence-corrected chi connectivity index (χ2v) is 6.13. The smallest absolute Gasteiger partial charge is 0.315 e. The van der Waals surface area contributed by atoms with Crippen molar-refractivity contribution < 1.29 is 14.6 Å². The van der Waals surface area contributed by atoms with Crippen LogP contribution in [0.2, 0.25) is 0 Å². The normalized spacial score (nSPS) is 27.2. The molecule has 3 atom stereocenters. The zero-order chi connectivity index (χ0) is 15.4. The molecule has 1 aliphatic carbocycles. The van der Waals surface area contributed by atoms with Gasteiger partial charge in [0.2, 0.25) is 0 Å². The molecule has 3 N–H and O–H groups in total. The molecule has 2 aliphatic rings. The maximum atomic E-state index is 12.0. The fraction of sp³-hybridized carbons (Fsp3) is 0.588. The minimum atomic E-state index is -0.551. The van der Waals surface area contributed by atoms with Crippen LogP contribution >= 0.6 is 0 Å². The SMILES string of the molecule is O=C(NCCC1CCCCO1)NC1c2ccccc2CC1O. The molecule has 0 spiro atoms. The summed E-state index contributed by atoms with van der Waals surface area (Å²) in [6, 6.07) is 7.31. The summed E-state index contributed by atoms with van der Waals surface area (Å²) >= 11 is 0. The molecular weight excluding hydrogens is 280 g/mol. The first kappa shape index (κ1) is 15.3. The highest BCUT2D eigenvalue weighted by Crippen LogP contribution is 2.31. The first-order chi connectivity index (χ1) is 10.7. The standard InChI is InChI=1S/C17H24N2O3/c20-15-11-12-5-1-2-7-14(12)16(15)19-17(21)18-9-8-13-6-3-4-10-22-13/h1-2,5,7,13,15-16,20H,3-4,6,8-11H2,(H2,18,19,21). The van der Waals surface area contributed by atoms with Crippen molar-refractivity contribution in [3.63, 3.8) is 0 Å². The Balaban J connectivity index is 1.45. The minimum absolute atomic E-state index is 0.225. The van der Waals surface area contributed by atoms with E-state index in [1.807, 2.05) is 24.3 Å². The number of carbonyl (C=O) groups excluding carboxylic acids is 1. The zero-order valence-corrected chi connectivity index (χ0v) is 12.8. The van der Waals surface area contributed by atoms with Crippen LogP contribution in [0.1, 0.15) is 42.9 Å². The monoisotopic (exact) mass is 304 g/mol. The Bertz CT molecular complexity index is 514. The molecule has 22 heavy (non-hydrogen) atoms. The Kier molecular flexibility index (Phi) is 4.95. The van der Waals surface area contributed by atoms with Crippen LogP contribution in [-0.4, -0.2) is 36.5 Å². The number of carbonyl (C=O) groups is 1. The van der Waals surface area contributed by atoms with E-state index in [0.29, 0.717) is 13.0 Å². The van der Waals surface area contributed by atoms with Gasteiger partial charge in [0.1, 0.15) is 0 Å². The van der Waals surface area contributed by atoms with E-state index in [0.717, 1.165) is 37.0 Å². The van der Waals surface area contributed by atoms with Crippen molar-refractivity contribution in [2.24, 2.45) is 0 Å². The van der Waals surface area contributed by atoms with Crippen LogP contribution in [0.5, 0.6) is 0 Å². The molecule has 2 amide bonds. The van der Waals surface area contributed by atoms with Crippen LogP contribution in [0.25, 0.3) is 0 Å². The van der Waals surface area contributed by atoms with E-state index in [1.165, 1.54) is 6.42 Å². The maximum Gasteiger partial charge on any atom is 0.315 e. The van der Waals surface area contributed by atoms with Gasteiger partial charge in [0.25, 0.3) is 0 Å². The molecule has 120 valence electrons. The fourth-order valence-electron chi connectivity index (χ4n) is 3.32. The van der Waals surface area contributed by atoms with E-state index >= 15 is 0 Å². The Hall–Kier alpha value is -1.59. The molecule has 0 saturated carbocycles. The Morgan fingerprint density at radius 1 is 1.32 bits per heavy atom. The van der Waals surface area contributed by atoms with Crippen molar-refractivity contribution in [2.45, 2.75) is 50.4 Å². The van der Waals surface area contributed by atoms with Crippen LogP contribution < -0.4 is 10.6 Å². The van der Waals surface area contributed by atoms with Crippen molar-refractivity contribution >= 4 is 6.03 Å². The van der Waals surface area contributed by atoms with Crippen molar-refractivity contribution in [3.8, 4) is 0 Å². The molecule has 1 fully saturated rings.